The van der Waals surface area contributed by atoms with Gasteiger partial charge >= 0.3 is 5.97 Å². The zero-order chi connectivity index (χ0) is 28.4. The van der Waals surface area contributed by atoms with Gasteiger partial charge in [0.2, 0.25) is 20.0 Å². The van der Waals surface area contributed by atoms with Crippen molar-refractivity contribution in [3.8, 4) is 0 Å². The summed E-state index contributed by atoms with van der Waals surface area (Å²) in [7, 11) is -7.65. The third-order valence-corrected chi connectivity index (χ3v) is 10.4. The average molecular weight is 580 g/mol. The number of carbonyl (C=O) groups excluding carboxylic acids is 2. The summed E-state index contributed by atoms with van der Waals surface area (Å²) in [4.78, 5) is 26.7. The number of nitrogens with zero attached hydrogens (tertiary/aromatic N) is 3. The lowest BCUT2D eigenvalue weighted by atomic mass is 10.2. The van der Waals surface area contributed by atoms with E-state index >= 15 is 0 Å². The largest absolute Gasteiger partial charge is 0.462 e. The Morgan fingerprint density at radius 1 is 0.821 bits per heavy atom. The minimum absolute atomic E-state index is 0.0297. The van der Waals surface area contributed by atoms with Gasteiger partial charge < -0.3 is 14.4 Å². The minimum Gasteiger partial charge on any atom is -0.462 e. The molecule has 2 atom stereocenters. The summed E-state index contributed by atoms with van der Waals surface area (Å²) in [5.74, 6) is -0.897. The molecule has 0 saturated carbocycles. The van der Waals surface area contributed by atoms with E-state index in [0.29, 0.717) is 0 Å². The van der Waals surface area contributed by atoms with Crippen molar-refractivity contribution in [2.75, 3.05) is 45.9 Å². The highest BCUT2D eigenvalue weighted by atomic mass is 32.2. The number of rotatable bonds is 7. The second kappa shape index (κ2) is 11.7. The van der Waals surface area contributed by atoms with Crippen LogP contribution in [0.5, 0.6) is 0 Å². The van der Waals surface area contributed by atoms with Crippen molar-refractivity contribution < 1.29 is 35.9 Å². The lowest BCUT2D eigenvalue weighted by molar-refractivity contribution is -0.0440. The fraction of sp³-hybridized carbons (Fsp3) is 0.462. The lowest BCUT2D eigenvalue weighted by Gasteiger charge is -2.35. The Morgan fingerprint density at radius 2 is 1.41 bits per heavy atom. The van der Waals surface area contributed by atoms with Gasteiger partial charge in [-0.05, 0) is 63.2 Å². The van der Waals surface area contributed by atoms with Crippen LogP contribution < -0.4 is 0 Å². The highest BCUT2D eigenvalue weighted by Crippen LogP contribution is 2.24. The number of piperazine rings is 1. The molecule has 0 bridgehead atoms. The summed E-state index contributed by atoms with van der Waals surface area (Å²) in [6, 6.07) is 11.5. The van der Waals surface area contributed by atoms with E-state index in [2.05, 4.69) is 0 Å². The molecule has 4 rings (SSSR count). The first-order valence-corrected chi connectivity index (χ1v) is 15.6. The summed E-state index contributed by atoms with van der Waals surface area (Å²) >= 11 is 0. The normalized spacial score (nSPS) is 21.5. The van der Waals surface area contributed by atoms with Gasteiger partial charge in [0.1, 0.15) is 0 Å². The Morgan fingerprint density at radius 3 is 2.00 bits per heavy atom. The molecular formula is C26H33N3O8S2. The number of amides is 1. The molecule has 0 spiro atoms. The molecule has 2 aliphatic heterocycles. The molecule has 2 aromatic carbocycles. The van der Waals surface area contributed by atoms with E-state index < -0.39 is 26.0 Å². The molecule has 2 heterocycles. The Kier molecular flexibility index (Phi) is 8.76. The van der Waals surface area contributed by atoms with Crippen LogP contribution in [0, 0.1) is 0 Å². The summed E-state index contributed by atoms with van der Waals surface area (Å²) in [6.07, 6.45) is -0.479. The predicted molar refractivity (Wildman–Crippen MR) is 142 cm³/mol. The monoisotopic (exact) mass is 579 g/mol. The number of ether oxygens (including phenoxy) is 2. The zero-order valence-electron chi connectivity index (χ0n) is 22.1. The number of sulfonamides is 2. The van der Waals surface area contributed by atoms with E-state index in [4.69, 9.17) is 9.47 Å². The third-order valence-electron chi connectivity index (χ3n) is 6.63. The molecule has 11 nitrogen and oxygen atoms in total. The van der Waals surface area contributed by atoms with E-state index in [0.717, 1.165) is 0 Å². The molecule has 13 heteroatoms. The van der Waals surface area contributed by atoms with Crippen LogP contribution in [0.2, 0.25) is 0 Å². The van der Waals surface area contributed by atoms with Gasteiger partial charge in [-0.15, -0.1) is 0 Å². The number of hydrogen-bond acceptors (Lipinski definition) is 8. The van der Waals surface area contributed by atoms with Crippen molar-refractivity contribution in [3.05, 3.63) is 59.7 Å². The SMILES string of the molecule is CCOC(=O)c1ccc(S(=O)(=O)N2CCN(C(=O)c3cccc(S(=O)(=O)N4C[C@@H](C)O[C@@H](C)C4)c3)CC2)cc1. The maximum atomic E-state index is 13.3. The molecule has 2 fully saturated rings. The van der Waals surface area contributed by atoms with E-state index in [1.165, 1.54) is 56.0 Å². The maximum Gasteiger partial charge on any atom is 0.338 e. The number of benzene rings is 2. The lowest BCUT2D eigenvalue weighted by Crippen LogP contribution is -2.50. The quantitative estimate of drug-likeness (QED) is 0.454. The van der Waals surface area contributed by atoms with Crippen molar-refractivity contribution in [2.45, 2.75) is 42.8 Å². The van der Waals surface area contributed by atoms with Crippen molar-refractivity contribution in [1.29, 1.82) is 0 Å². The number of carbonyl (C=O) groups is 2. The zero-order valence-corrected chi connectivity index (χ0v) is 23.8. The molecule has 0 unspecified atom stereocenters. The molecule has 0 N–H and O–H groups in total. The molecule has 0 aliphatic carbocycles. The van der Waals surface area contributed by atoms with Crippen molar-refractivity contribution in [2.24, 2.45) is 0 Å². The van der Waals surface area contributed by atoms with Crippen LogP contribution in [0.25, 0.3) is 0 Å². The van der Waals surface area contributed by atoms with Gasteiger partial charge in [-0.1, -0.05) is 6.07 Å². The average Bonchev–Trinajstić information content (AvgIpc) is 2.92. The van der Waals surface area contributed by atoms with Gasteiger partial charge in [-0.25, -0.2) is 21.6 Å². The van der Waals surface area contributed by atoms with Crippen LogP contribution in [0.3, 0.4) is 0 Å². The first kappa shape index (κ1) is 29.2. The summed E-state index contributed by atoms with van der Waals surface area (Å²) in [6.45, 7) is 6.44. The van der Waals surface area contributed by atoms with E-state index in [-0.39, 0.29) is 84.9 Å². The standard InChI is InChI=1S/C26H33N3O8S2/c1-4-36-26(31)21-8-10-23(11-9-21)38(32,33)28-14-12-27(13-15-28)25(30)22-6-5-7-24(16-22)39(34,35)29-17-19(2)37-20(3)18-29/h5-11,16,19-20H,4,12-15,17-18H2,1-3H3/t19-,20+. The number of morpholine rings is 1. The smallest absolute Gasteiger partial charge is 0.338 e. The van der Waals surface area contributed by atoms with Crippen molar-refractivity contribution in [3.63, 3.8) is 0 Å². The summed E-state index contributed by atoms with van der Waals surface area (Å²) in [5, 5.41) is 0. The maximum absolute atomic E-state index is 13.3. The summed E-state index contributed by atoms with van der Waals surface area (Å²) < 4.78 is 66.0. The van der Waals surface area contributed by atoms with Crippen molar-refractivity contribution in [1.82, 2.24) is 13.5 Å². The van der Waals surface area contributed by atoms with E-state index in [1.54, 1.807) is 13.0 Å². The minimum atomic E-state index is -3.83. The Hall–Kier alpha value is -2.84. The van der Waals surface area contributed by atoms with Gasteiger partial charge in [0.25, 0.3) is 5.91 Å². The molecule has 2 aromatic rings. The second-order valence-electron chi connectivity index (χ2n) is 9.55. The molecule has 39 heavy (non-hydrogen) atoms. The van der Waals surface area contributed by atoms with Crippen LogP contribution in [0.4, 0.5) is 0 Å². The third kappa shape index (κ3) is 6.33. The molecule has 0 radical (unpaired) electrons. The van der Waals surface area contributed by atoms with Crippen molar-refractivity contribution >= 4 is 31.9 Å². The van der Waals surface area contributed by atoms with Gasteiger partial charge in [0, 0.05) is 44.8 Å². The second-order valence-corrected chi connectivity index (χ2v) is 13.4. The molecule has 2 saturated heterocycles. The molecular weight excluding hydrogens is 546 g/mol. The van der Waals surface area contributed by atoms with Crippen LogP contribution in [0.15, 0.2) is 58.3 Å². The Balaban J connectivity index is 1.42. The Bertz CT molecular complexity index is 1410. The van der Waals surface area contributed by atoms with Crippen LogP contribution >= 0.6 is 0 Å². The van der Waals surface area contributed by atoms with Gasteiger partial charge in [0.15, 0.2) is 0 Å². The fourth-order valence-corrected chi connectivity index (χ4v) is 7.77. The van der Waals surface area contributed by atoms with Crippen LogP contribution in [-0.4, -0.2) is 100 Å². The first-order chi connectivity index (χ1) is 18.4. The predicted octanol–water partition coefficient (Wildman–Crippen LogP) is 1.81. The van der Waals surface area contributed by atoms with E-state index in [9.17, 15) is 26.4 Å². The first-order valence-electron chi connectivity index (χ1n) is 12.8. The van der Waals surface area contributed by atoms with Gasteiger partial charge in [-0.3, -0.25) is 4.79 Å². The van der Waals surface area contributed by atoms with Crippen LogP contribution in [-0.2, 0) is 29.5 Å². The van der Waals surface area contributed by atoms with Gasteiger partial charge in [0.05, 0.1) is 34.2 Å². The fourth-order valence-electron chi connectivity index (χ4n) is 4.71. The van der Waals surface area contributed by atoms with Crippen LogP contribution in [0.1, 0.15) is 41.5 Å². The molecule has 1 amide bonds. The molecule has 212 valence electrons. The highest BCUT2D eigenvalue weighted by molar-refractivity contribution is 7.89. The van der Waals surface area contributed by atoms with Gasteiger partial charge in [-0.2, -0.15) is 8.61 Å². The molecule has 2 aliphatic rings. The van der Waals surface area contributed by atoms with E-state index in [1.807, 2.05) is 13.8 Å². The topological polar surface area (TPSA) is 131 Å². The number of hydrogen-bond donors (Lipinski definition) is 0. The number of esters is 1. The Labute approximate surface area is 229 Å². The highest BCUT2D eigenvalue weighted by Gasteiger charge is 2.34. The summed E-state index contributed by atoms with van der Waals surface area (Å²) in [5.41, 5.74) is 0.476. The molecule has 0 aromatic heterocycles.